The fourth-order valence-electron chi connectivity index (χ4n) is 4.70. The topological polar surface area (TPSA) is 43.8 Å². The van der Waals surface area contributed by atoms with Crippen molar-refractivity contribution in [1.82, 2.24) is 9.80 Å². The molecule has 24 heavy (non-hydrogen) atoms. The number of nitrogens with zero attached hydrogens (tertiary/aromatic N) is 2. The van der Waals surface area contributed by atoms with Gasteiger partial charge in [0.2, 0.25) is 5.91 Å². The molecule has 0 spiro atoms. The van der Waals surface area contributed by atoms with Gasteiger partial charge in [-0.25, -0.2) is 0 Å². The Morgan fingerprint density at radius 1 is 1.08 bits per heavy atom. The van der Waals surface area contributed by atoms with Crippen molar-refractivity contribution in [2.24, 2.45) is 0 Å². The van der Waals surface area contributed by atoms with Crippen molar-refractivity contribution in [3.05, 3.63) is 27.7 Å². The zero-order valence-corrected chi connectivity index (χ0v) is 15.1. The minimum atomic E-state index is 0.0497. The van der Waals surface area contributed by atoms with Gasteiger partial charge in [0.05, 0.1) is 16.6 Å². The Morgan fingerprint density at radius 3 is 2.58 bits per heavy atom. The van der Waals surface area contributed by atoms with Gasteiger partial charge < -0.3 is 10.0 Å². The van der Waals surface area contributed by atoms with Crippen LogP contribution in [0.3, 0.4) is 0 Å². The van der Waals surface area contributed by atoms with Gasteiger partial charge in [0.15, 0.2) is 0 Å². The van der Waals surface area contributed by atoms with Crippen LogP contribution in [0.15, 0.2) is 12.1 Å². The van der Waals surface area contributed by atoms with Gasteiger partial charge in [-0.15, -0.1) is 0 Å². The predicted octanol–water partition coefficient (Wildman–Crippen LogP) is 3.64. The lowest BCUT2D eigenvalue weighted by Gasteiger charge is -2.40. The molecule has 2 aliphatic heterocycles. The molecule has 2 saturated heterocycles. The summed E-state index contributed by atoms with van der Waals surface area (Å²) in [6.45, 7) is 2.09. The third-order valence-corrected chi connectivity index (χ3v) is 6.70. The maximum Gasteiger partial charge on any atom is 0.237 e. The average Bonchev–Trinajstić information content (AvgIpc) is 3.20. The molecule has 1 amide bonds. The van der Waals surface area contributed by atoms with Crippen molar-refractivity contribution >= 4 is 29.1 Å². The molecule has 1 aromatic carbocycles. The number of phenolic OH excluding ortho intramolecular Hbond substituents is 1. The highest BCUT2D eigenvalue weighted by Crippen LogP contribution is 2.44. The van der Waals surface area contributed by atoms with Gasteiger partial charge in [-0.3, -0.25) is 9.69 Å². The molecule has 4 rings (SSSR count). The van der Waals surface area contributed by atoms with Crippen LogP contribution in [0, 0.1) is 0 Å². The molecule has 2 atom stereocenters. The summed E-state index contributed by atoms with van der Waals surface area (Å²) in [6.07, 6.45) is 5.81. The van der Waals surface area contributed by atoms with Gasteiger partial charge in [0.25, 0.3) is 0 Å². The van der Waals surface area contributed by atoms with Crippen LogP contribution in [0.25, 0.3) is 0 Å². The van der Waals surface area contributed by atoms with Crippen molar-refractivity contribution in [3.63, 3.8) is 0 Å². The van der Waals surface area contributed by atoms with E-state index in [4.69, 9.17) is 23.2 Å². The number of benzene rings is 1. The van der Waals surface area contributed by atoms with Crippen LogP contribution in [0.4, 0.5) is 0 Å². The van der Waals surface area contributed by atoms with Crippen LogP contribution in [-0.4, -0.2) is 52.5 Å². The number of piperazine rings is 1. The first-order chi connectivity index (χ1) is 11.5. The number of hydrogen-bond donors (Lipinski definition) is 1. The first-order valence-electron chi connectivity index (χ1n) is 8.75. The van der Waals surface area contributed by atoms with Crippen LogP contribution in [0.1, 0.15) is 43.6 Å². The summed E-state index contributed by atoms with van der Waals surface area (Å²) in [4.78, 5) is 17.0. The number of halogens is 2. The van der Waals surface area contributed by atoms with E-state index in [0.29, 0.717) is 34.7 Å². The molecule has 6 heteroatoms. The van der Waals surface area contributed by atoms with Crippen molar-refractivity contribution in [2.75, 3.05) is 19.6 Å². The fourth-order valence-corrected chi connectivity index (χ4v) is 5.18. The molecule has 1 N–H and O–H groups in total. The Kier molecular flexibility index (Phi) is 4.40. The van der Waals surface area contributed by atoms with Gasteiger partial charge in [-0.05, 0) is 31.4 Å². The summed E-state index contributed by atoms with van der Waals surface area (Å²) in [5, 5.41) is 11.1. The maximum absolute atomic E-state index is 12.6. The molecule has 1 aliphatic carbocycles. The van der Waals surface area contributed by atoms with Gasteiger partial charge in [-0.2, -0.15) is 0 Å². The SMILES string of the molecule is O=C1CN(C2CCCC2)CC2CC(c3c(O)ccc(Cl)c3Cl)CN12. The zero-order chi connectivity index (χ0) is 16.8. The zero-order valence-electron chi connectivity index (χ0n) is 13.5. The van der Waals surface area contributed by atoms with E-state index in [1.165, 1.54) is 25.7 Å². The number of phenols is 1. The van der Waals surface area contributed by atoms with Gasteiger partial charge in [0.1, 0.15) is 5.75 Å². The van der Waals surface area contributed by atoms with E-state index in [2.05, 4.69) is 4.90 Å². The number of rotatable bonds is 2. The van der Waals surface area contributed by atoms with Crippen LogP contribution < -0.4 is 0 Å². The van der Waals surface area contributed by atoms with E-state index >= 15 is 0 Å². The lowest BCUT2D eigenvalue weighted by Crippen LogP contribution is -2.55. The number of amides is 1. The highest BCUT2D eigenvalue weighted by atomic mass is 35.5. The molecule has 0 radical (unpaired) electrons. The van der Waals surface area contributed by atoms with Crippen molar-refractivity contribution < 1.29 is 9.90 Å². The van der Waals surface area contributed by atoms with Crippen molar-refractivity contribution in [2.45, 2.75) is 50.1 Å². The quantitative estimate of drug-likeness (QED) is 0.866. The highest BCUT2D eigenvalue weighted by Gasteiger charge is 2.43. The summed E-state index contributed by atoms with van der Waals surface area (Å²) >= 11 is 12.5. The maximum atomic E-state index is 12.6. The molecular formula is C18H22Cl2N2O2. The number of carbonyl (C=O) groups is 1. The monoisotopic (exact) mass is 368 g/mol. The highest BCUT2D eigenvalue weighted by molar-refractivity contribution is 6.42. The van der Waals surface area contributed by atoms with Crippen LogP contribution in [0.2, 0.25) is 10.0 Å². The minimum absolute atomic E-state index is 0.0497. The summed E-state index contributed by atoms with van der Waals surface area (Å²) in [7, 11) is 0. The lowest BCUT2D eigenvalue weighted by molar-refractivity contribution is -0.138. The van der Waals surface area contributed by atoms with Crippen LogP contribution >= 0.6 is 23.2 Å². The Hall–Kier alpha value is -0.970. The summed E-state index contributed by atoms with van der Waals surface area (Å²) < 4.78 is 0. The third kappa shape index (κ3) is 2.79. The molecule has 2 heterocycles. The number of aromatic hydroxyl groups is 1. The van der Waals surface area contributed by atoms with Crippen molar-refractivity contribution in [3.8, 4) is 5.75 Å². The fraction of sp³-hybridized carbons (Fsp3) is 0.611. The van der Waals surface area contributed by atoms with E-state index in [0.717, 1.165) is 13.0 Å². The molecule has 4 nitrogen and oxygen atoms in total. The normalized spacial score (nSPS) is 28.6. The molecule has 130 valence electrons. The van der Waals surface area contributed by atoms with Gasteiger partial charge in [-0.1, -0.05) is 36.0 Å². The molecule has 1 saturated carbocycles. The molecule has 3 aliphatic rings. The number of hydrogen-bond acceptors (Lipinski definition) is 3. The number of fused-ring (bicyclic) bond motifs is 1. The smallest absolute Gasteiger partial charge is 0.237 e. The molecule has 1 aromatic rings. The minimum Gasteiger partial charge on any atom is -0.508 e. The van der Waals surface area contributed by atoms with E-state index in [9.17, 15) is 9.90 Å². The molecular weight excluding hydrogens is 347 g/mol. The standard InChI is InChI=1S/C18H22Cl2N2O2/c19-14-5-6-15(23)17(18(14)20)11-7-13-9-21(12-3-1-2-4-12)10-16(24)22(13)8-11/h5-6,11-13,23H,1-4,7-10H2. The summed E-state index contributed by atoms with van der Waals surface area (Å²) in [5.41, 5.74) is 0.693. The first kappa shape index (κ1) is 16.5. The lowest BCUT2D eigenvalue weighted by atomic mass is 9.95. The van der Waals surface area contributed by atoms with E-state index in [1.807, 2.05) is 4.90 Å². The molecule has 0 aromatic heterocycles. The predicted molar refractivity (Wildman–Crippen MR) is 94.8 cm³/mol. The second kappa shape index (κ2) is 6.40. The molecule has 2 unspecified atom stereocenters. The van der Waals surface area contributed by atoms with Crippen LogP contribution in [0.5, 0.6) is 5.75 Å². The Labute approximate surface area is 152 Å². The number of carbonyl (C=O) groups excluding carboxylic acids is 1. The Bertz CT molecular complexity index is 661. The molecule has 3 fully saturated rings. The second-order valence-corrected chi connectivity index (χ2v) is 8.08. The Morgan fingerprint density at radius 2 is 1.83 bits per heavy atom. The van der Waals surface area contributed by atoms with E-state index in [1.54, 1.807) is 12.1 Å². The second-order valence-electron chi connectivity index (χ2n) is 7.29. The first-order valence-corrected chi connectivity index (χ1v) is 9.50. The van der Waals surface area contributed by atoms with Crippen LogP contribution in [-0.2, 0) is 4.79 Å². The average molecular weight is 369 g/mol. The summed E-state index contributed by atoms with van der Waals surface area (Å²) in [5.74, 6) is 0.432. The van der Waals surface area contributed by atoms with Gasteiger partial charge in [0, 0.05) is 36.7 Å². The Balaban J connectivity index is 1.55. The van der Waals surface area contributed by atoms with E-state index < -0.39 is 0 Å². The van der Waals surface area contributed by atoms with Gasteiger partial charge >= 0.3 is 0 Å². The van der Waals surface area contributed by atoms with E-state index in [-0.39, 0.29) is 23.6 Å². The third-order valence-electron chi connectivity index (χ3n) is 5.88. The largest absolute Gasteiger partial charge is 0.508 e. The molecule has 0 bridgehead atoms. The summed E-state index contributed by atoms with van der Waals surface area (Å²) in [6, 6.07) is 3.98. The van der Waals surface area contributed by atoms with Crippen molar-refractivity contribution in [1.29, 1.82) is 0 Å².